The molecule has 1 fully saturated rings. The third-order valence-corrected chi connectivity index (χ3v) is 8.48. The molecule has 8 heteroatoms. The fourth-order valence-corrected chi connectivity index (χ4v) is 6.53. The molecule has 136 valence electrons. The molecule has 6 nitrogen and oxygen atoms in total. The maximum absolute atomic E-state index is 12.8. The third kappa shape index (κ3) is 3.45. The summed E-state index contributed by atoms with van der Waals surface area (Å²) in [4.78, 5) is 0.252. The second kappa shape index (κ2) is 7.01. The van der Waals surface area contributed by atoms with E-state index in [-0.39, 0.29) is 10.6 Å². The Morgan fingerprint density at radius 3 is 2.25 bits per heavy atom. The van der Waals surface area contributed by atoms with Gasteiger partial charge in [0.15, 0.2) is 0 Å². The molecule has 0 aliphatic carbocycles. The van der Waals surface area contributed by atoms with E-state index in [9.17, 15) is 16.8 Å². The molecule has 0 spiro atoms. The number of anilines is 1. The second-order valence-corrected chi connectivity index (χ2v) is 10.0. The minimum Gasteiger partial charge on any atom is -0.270 e. The Morgan fingerprint density at radius 1 is 1.08 bits per heavy atom. The molecular formula is C16H26N2O4S2. The molecule has 24 heavy (non-hydrogen) atoms. The van der Waals surface area contributed by atoms with Gasteiger partial charge in [0.2, 0.25) is 20.0 Å². The van der Waals surface area contributed by atoms with E-state index in [2.05, 4.69) is 0 Å². The molecule has 0 saturated carbocycles. The van der Waals surface area contributed by atoms with Crippen LogP contribution in [0.25, 0.3) is 0 Å². The lowest BCUT2D eigenvalue weighted by Gasteiger charge is -2.30. The van der Waals surface area contributed by atoms with Gasteiger partial charge in [-0.15, -0.1) is 0 Å². The fraction of sp³-hybridized carbons (Fsp3) is 0.625. The summed E-state index contributed by atoms with van der Waals surface area (Å²) in [7, 11) is -6.88. The maximum Gasteiger partial charge on any atom is 0.243 e. The molecule has 0 radical (unpaired) electrons. The summed E-state index contributed by atoms with van der Waals surface area (Å²) in [5.41, 5.74) is 1.82. The molecule has 1 aromatic rings. The van der Waals surface area contributed by atoms with Gasteiger partial charge in [-0.05, 0) is 49.9 Å². The number of aryl methyl sites for hydroxylation is 2. The van der Waals surface area contributed by atoms with Crippen LogP contribution in [0.1, 0.15) is 37.8 Å². The minimum atomic E-state index is -3.57. The smallest absolute Gasteiger partial charge is 0.243 e. The van der Waals surface area contributed by atoms with E-state index in [1.165, 1.54) is 8.61 Å². The van der Waals surface area contributed by atoms with Gasteiger partial charge in [-0.2, -0.15) is 4.31 Å². The van der Waals surface area contributed by atoms with Crippen molar-refractivity contribution in [1.82, 2.24) is 4.31 Å². The monoisotopic (exact) mass is 374 g/mol. The van der Waals surface area contributed by atoms with Crippen LogP contribution in [0.2, 0.25) is 0 Å². The Morgan fingerprint density at radius 2 is 1.71 bits per heavy atom. The molecule has 0 unspecified atom stereocenters. The Balaban J connectivity index is 2.54. The molecule has 0 N–H and O–H groups in total. The maximum atomic E-state index is 12.8. The summed E-state index contributed by atoms with van der Waals surface area (Å²) in [5, 5.41) is 0. The largest absolute Gasteiger partial charge is 0.270 e. The van der Waals surface area contributed by atoms with Gasteiger partial charge >= 0.3 is 0 Å². The average Bonchev–Trinajstić information content (AvgIpc) is 2.50. The van der Waals surface area contributed by atoms with Crippen molar-refractivity contribution in [3.63, 3.8) is 0 Å². The van der Waals surface area contributed by atoms with Crippen molar-refractivity contribution in [2.45, 2.75) is 45.4 Å². The van der Waals surface area contributed by atoms with Crippen molar-refractivity contribution in [1.29, 1.82) is 0 Å². The van der Waals surface area contributed by atoms with Crippen LogP contribution in [0, 0.1) is 13.8 Å². The van der Waals surface area contributed by atoms with Crippen LogP contribution in [0.3, 0.4) is 0 Å². The number of rotatable bonds is 5. The zero-order valence-electron chi connectivity index (χ0n) is 14.7. The van der Waals surface area contributed by atoms with Crippen molar-refractivity contribution in [2.75, 3.05) is 29.7 Å². The number of hydrogen-bond acceptors (Lipinski definition) is 4. The van der Waals surface area contributed by atoms with Crippen LogP contribution >= 0.6 is 0 Å². The first kappa shape index (κ1) is 19.2. The molecule has 0 amide bonds. The predicted molar refractivity (Wildman–Crippen MR) is 96.4 cm³/mol. The predicted octanol–water partition coefficient (Wildman–Crippen LogP) is 2.26. The molecule has 1 aliphatic rings. The first-order valence-electron chi connectivity index (χ1n) is 8.27. The number of benzene rings is 1. The Labute approximate surface area is 145 Å². The number of hydrogen-bond donors (Lipinski definition) is 0. The van der Waals surface area contributed by atoms with Crippen LogP contribution in [0.15, 0.2) is 17.0 Å². The standard InChI is InChI=1S/C16H26N2O4S2/c1-5-17(6-2)24(21,22)16-12-13(3)15(11-14(16)4)18-9-7-8-10-23(18,19)20/h11-12H,5-10H2,1-4H3. The molecular weight excluding hydrogens is 348 g/mol. The molecule has 1 saturated heterocycles. The van der Waals surface area contributed by atoms with Crippen molar-refractivity contribution >= 4 is 25.7 Å². The van der Waals surface area contributed by atoms with Gasteiger partial charge in [-0.25, -0.2) is 16.8 Å². The lowest BCUT2D eigenvalue weighted by Crippen LogP contribution is -2.38. The van der Waals surface area contributed by atoms with Crippen molar-refractivity contribution < 1.29 is 16.8 Å². The van der Waals surface area contributed by atoms with E-state index >= 15 is 0 Å². The van der Waals surface area contributed by atoms with Gasteiger partial charge in [0.25, 0.3) is 0 Å². The summed E-state index contributed by atoms with van der Waals surface area (Å²) < 4.78 is 53.0. The van der Waals surface area contributed by atoms with Gasteiger partial charge < -0.3 is 0 Å². The Hall–Kier alpha value is -1.12. The fourth-order valence-electron chi connectivity index (χ4n) is 3.08. The minimum absolute atomic E-state index is 0.144. The van der Waals surface area contributed by atoms with Gasteiger partial charge in [0, 0.05) is 19.6 Å². The average molecular weight is 375 g/mol. The van der Waals surface area contributed by atoms with E-state index in [1.807, 2.05) is 0 Å². The van der Waals surface area contributed by atoms with Crippen LogP contribution in [-0.2, 0) is 20.0 Å². The van der Waals surface area contributed by atoms with Crippen LogP contribution in [0.5, 0.6) is 0 Å². The van der Waals surface area contributed by atoms with E-state index in [0.29, 0.717) is 42.9 Å². The first-order valence-corrected chi connectivity index (χ1v) is 11.3. The highest BCUT2D eigenvalue weighted by molar-refractivity contribution is 7.92. The second-order valence-electron chi connectivity index (χ2n) is 6.09. The lowest BCUT2D eigenvalue weighted by molar-refractivity contribution is 0.445. The SMILES string of the molecule is CCN(CC)S(=O)(=O)c1cc(C)c(N2CCCCS2(=O)=O)cc1C. The zero-order valence-corrected chi connectivity index (χ0v) is 16.4. The van der Waals surface area contributed by atoms with Crippen molar-refractivity contribution in [3.8, 4) is 0 Å². The topological polar surface area (TPSA) is 74.8 Å². The lowest BCUT2D eigenvalue weighted by atomic mass is 10.1. The molecule has 2 rings (SSSR count). The summed E-state index contributed by atoms with van der Waals surface area (Å²) in [6, 6.07) is 3.29. The van der Waals surface area contributed by atoms with Crippen LogP contribution < -0.4 is 4.31 Å². The highest BCUT2D eigenvalue weighted by Crippen LogP contribution is 2.32. The summed E-state index contributed by atoms with van der Waals surface area (Å²) in [5.74, 6) is 0.144. The highest BCUT2D eigenvalue weighted by Gasteiger charge is 2.30. The normalized spacial score (nSPS) is 18.1. The summed E-state index contributed by atoms with van der Waals surface area (Å²) >= 11 is 0. The molecule has 0 bridgehead atoms. The summed E-state index contributed by atoms with van der Waals surface area (Å²) in [6.07, 6.45) is 1.49. The molecule has 1 heterocycles. The van der Waals surface area contributed by atoms with Crippen molar-refractivity contribution in [2.24, 2.45) is 0 Å². The van der Waals surface area contributed by atoms with Gasteiger partial charge in [-0.1, -0.05) is 13.8 Å². The quantitative estimate of drug-likeness (QED) is 0.792. The molecule has 1 aromatic carbocycles. The molecule has 1 aliphatic heterocycles. The zero-order chi connectivity index (χ0) is 18.1. The van der Waals surface area contributed by atoms with Gasteiger partial charge in [-0.3, -0.25) is 4.31 Å². The summed E-state index contributed by atoms with van der Waals surface area (Å²) in [6.45, 7) is 8.34. The number of sulfonamides is 2. The van der Waals surface area contributed by atoms with E-state index < -0.39 is 20.0 Å². The molecule has 0 aromatic heterocycles. The highest BCUT2D eigenvalue weighted by atomic mass is 32.2. The van der Waals surface area contributed by atoms with Crippen LogP contribution in [-0.4, -0.2) is 46.5 Å². The van der Waals surface area contributed by atoms with E-state index in [0.717, 1.165) is 6.42 Å². The van der Waals surface area contributed by atoms with Gasteiger partial charge in [0.05, 0.1) is 16.3 Å². The number of nitrogens with zero attached hydrogens (tertiary/aromatic N) is 2. The van der Waals surface area contributed by atoms with Gasteiger partial charge in [0.1, 0.15) is 0 Å². The third-order valence-electron chi connectivity index (χ3n) is 4.43. The Bertz CT molecular complexity index is 813. The Kier molecular flexibility index (Phi) is 5.61. The van der Waals surface area contributed by atoms with E-state index in [4.69, 9.17) is 0 Å². The molecule has 0 atom stereocenters. The first-order chi connectivity index (χ1) is 11.1. The van der Waals surface area contributed by atoms with E-state index in [1.54, 1.807) is 39.8 Å². The van der Waals surface area contributed by atoms with Crippen molar-refractivity contribution in [3.05, 3.63) is 23.3 Å². The van der Waals surface area contributed by atoms with Crippen LogP contribution in [0.4, 0.5) is 5.69 Å².